The van der Waals surface area contributed by atoms with Crippen LogP contribution in [0.3, 0.4) is 0 Å². The maximum Gasteiger partial charge on any atom is 0.381 e. The number of nitrogens with one attached hydrogen (secondary N) is 2. The van der Waals surface area contributed by atoms with Gasteiger partial charge in [0.1, 0.15) is 6.20 Å². The van der Waals surface area contributed by atoms with Gasteiger partial charge in [-0.25, -0.2) is 0 Å². The quantitative estimate of drug-likeness (QED) is 0.489. The van der Waals surface area contributed by atoms with Crippen LogP contribution in [0.2, 0.25) is 0 Å². The van der Waals surface area contributed by atoms with Gasteiger partial charge in [0.05, 0.1) is 11.4 Å². The number of aryl methyl sites for hydroxylation is 2. The van der Waals surface area contributed by atoms with E-state index in [4.69, 9.17) is 0 Å². The molecule has 2 N–H and O–H groups in total. The number of anilines is 3. The number of rotatable bonds is 7. The molecular formula is C19H19N5O3. The third-order valence-corrected chi connectivity index (χ3v) is 3.98. The van der Waals surface area contributed by atoms with Gasteiger partial charge in [-0.1, -0.05) is 30.3 Å². The fourth-order valence-corrected chi connectivity index (χ4v) is 2.62. The van der Waals surface area contributed by atoms with Crippen molar-refractivity contribution < 1.29 is 9.72 Å². The van der Waals surface area contributed by atoms with Crippen LogP contribution in [0.4, 0.5) is 22.9 Å². The van der Waals surface area contributed by atoms with Gasteiger partial charge >= 0.3 is 5.82 Å². The summed E-state index contributed by atoms with van der Waals surface area (Å²) in [6.07, 6.45) is 1.52. The molecule has 0 unspecified atom stereocenters. The Kier molecular flexibility index (Phi) is 5.46. The lowest BCUT2D eigenvalue weighted by molar-refractivity contribution is -0.389. The summed E-state index contributed by atoms with van der Waals surface area (Å²) in [7, 11) is 0. The predicted molar refractivity (Wildman–Crippen MR) is 103 cm³/mol. The first-order valence-electron chi connectivity index (χ1n) is 8.42. The van der Waals surface area contributed by atoms with E-state index in [1.165, 1.54) is 6.20 Å². The van der Waals surface area contributed by atoms with Crippen LogP contribution in [0.25, 0.3) is 0 Å². The standard InChI is InChI=1S/C19H19N5O3/c1-14-20-18(24(26)27)13-23(14)12-11-19(25)22-17-10-6-5-9-16(17)21-15-7-3-2-4-8-15/h2-10,13,21H,11-12H2,1H3,(H,22,25). The number of aromatic nitrogens is 2. The first kappa shape index (κ1) is 18.1. The number of hydrogen-bond acceptors (Lipinski definition) is 5. The van der Waals surface area contributed by atoms with Crippen LogP contribution >= 0.6 is 0 Å². The average Bonchev–Trinajstić information content (AvgIpc) is 3.04. The molecule has 0 aliphatic rings. The van der Waals surface area contributed by atoms with Crippen molar-refractivity contribution in [2.24, 2.45) is 0 Å². The number of carbonyl (C=O) groups is 1. The number of amides is 1. The highest BCUT2D eigenvalue weighted by Crippen LogP contribution is 2.25. The maximum absolute atomic E-state index is 12.3. The van der Waals surface area contributed by atoms with Crippen molar-refractivity contribution >= 4 is 28.8 Å². The fourth-order valence-electron chi connectivity index (χ4n) is 2.62. The lowest BCUT2D eigenvalue weighted by atomic mass is 10.2. The van der Waals surface area contributed by atoms with Crippen molar-refractivity contribution in [2.45, 2.75) is 19.9 Å². The fraction of sp³-hybridized carbons (Fsp3) is 0.158. The van der Waals surface area contributed by atoms with Gasteiger partial charge in [0.2, 0.25) is 11.7 Å². The molecule has 0 saturated heterocycles. The van der Waals surface area contributed by atoms with Crippen molar-refractivity contribution in [2.75, 3.05) is 10.6 Å². The van der Waals surface area contributed by atoms with Gasteiger partial charge in [0.15, 0.2) is 0 Å². The second kappa shape index (κ2) is 8.13. The Morgan fingerprint density at radius 1 is 1.11 bits per heavy atom. The molecule has 3 aromatic rings. The van der Waals surface area contributed by atoms with Crippen molar-refractivity contribution in [1.82, 2.24) is 9.55 Å². The molecule has 27 heavy (non-hydrogen) atoms. The minimum Gasteiger partial charge on any atom is -0.358 e. The summed E-state index contributed by atoms with van der Waals surface area (Å²) in [5, 5.41) is 16.9. The molecular weight excluding hydrogens is 346 g/mol. The third-order valence-electron chi connectivity index (χ3n) is 3.98. The zero-order valence-corrected chi connectivity index (χ0v) is 14.8. The molecule has 0 fully saturated rings. The monoisotopic (exact) mass is 365 g/mol. The maximum atomic E-state index is 12.3. The molecule has 8 nitrogen and oxygen atoms in total. The molecule has 0 saturated carbocycles. The van der Waals surface area contributed by atoms with Gasteiger partial charge in [-0.3, -0.25) is 4.79 Å². The van der Waals surface area contributed by atoms with Crippen LogP contribution in [0.15, 0.2) is 60.8 Å². The Bertz CT molecular complexity index is 953. The number of carbonyl (C=O) groups excluding carboxylic acids is 1. The van der Waals surface area contributed by atoms with Crippen molar-refractivity contribution in [1.29, 1.82) is 0 Å². The zero-order valence-electron chi connectivity index (χ0n) is 14.8. The normalized spacial score (nSPS) is 10.4. The first-order chi connectivity index (χ1) is 13.0. The minimum absolute atomic E-state index is 0.175. The van der Waals surface area contributed by atoms with Gasteiger partial charge < -0.3 is 25.3 Å². The minimum atomic E-state index is -0.547. The molecule has 0 atom stereocenters. The second-order valence-electron chi connectivity index (χ2n) is 5.93. The molecule has 0 bridgehead atoms. The van der Waals surface area contributed by atoms with E-state index in [0.29, 0.717) is 18.1 Å². The number of nitrogens with zero attached hydrogens (tertiary/aromatic N) is 3. The molecule has 3 rings (SSSR count). The van der Waals surface area contributed by atoms with Gasteiger partial charge in [0, 0.05) is 25.6 Å². The van der Waals surface area contributed by atoms with E-state index in [9.17, 15) is 14.9 Å². The molecule has 0 radical (unpaired) electrons. The van der Waals surface area contributed by atoms with Gasteiger partial charge in [0.25, 0.3) is 0 Å². The highest BCUT2D eigenvalue weighted by molar-refractivity contribution is 5.94. The number of para-hydroxylation sites is 3. The Morgan fingerprint density at radius 2 is 1.78 bits per heavy atom. The Balaban J connectivity index is 1.64. The molecule has 8 heteroatoms. The van der Waals surface area contributed by atoms with Crippen molar-refractivity contribution in [3.8, 4) is 0 Å². The van der Waals surface area contributed by atoms with Crippen LogP contribution in [0.1, 0.15) is 12.2 Å². The zero-order chi connectivity index (χ0) is 19.2. The molecule has 1 aromatic heterocycles. The summed E-state index contributed by atoms with van der Waals surface area (Å²) in [6.45, 7) is 1.98. The third kappa shape index (κ3) is 4.69. The van der Waals surface area contributed by atoms with Crippen LogP contribution in [-0.4, -0.2) is 20.4 Å². The van der Waals surface area contributed by atoms with Crippen molar-refractivity contribution in [3.05, 3.63) is 76.7 Å². The Morgan fingerprint density at radius 3 is 2.44 bits per heavy atom. The van der Waals surface area contributed by atoms with E-state index >= 15 is 0 Å². The first-order valence-corrected chi connectivity index (χ1v) is 8.42. The Labute approximate surface area is 156 Å². The van der Waals surface area contributed by atoms with Crippen LogP contribution in [-0.2, 0) is 11.3 Å². The summed E-state index contributed by atoms with van der Waals surface area (Å²) in [5.74, 6) is 0.0963. The summed E-state index contributed by atoms with van der Waals surface area (Å²) < 4.78 is 1.60. The predicted octanol–water partition coefficient (Wildman–Crippen LogP) is 3.87. The van der Waals surface area contributed by atoms with Crippen LogP contribution < -0.4 is 10.6 Å². The molecule has 0 aliphatic carbocycles. The molecule has 0 spiro atoms. The lowest BCUT2D eigenvalue weighted by Crippen LogP contribution is -2.15. The van der Waals surface area contributed by atoms with E-state index in [2.05, 4.69) is 15.6 Å². The number of nitro groups is 1. The lowest BCUT2D eigenvalue weighted by Gasteiger charge is -2.13. The van der Waals surface area contributed by atoms with Crippen LogP contribution in [0, 0.1) is 17.0 Å². The van der Waals surface area contributed by atoms with Crippen molar-refractivity contribution in [3.63, 3.8) is 0 Å². The highest BCUT2D eigenvalue weighted by Gasteiger charge is 2.16. The summed E-state index contributed by atoms with van der Waals surface area (Å²) in [6, 6.07) is 17.1. The number of benzene rings is 2. The van der Waals surface area contributed by atoms with Gasteiger partial charge in [-0.2, -0.15) is 0 Å². The number of imidazole rings is 1. The van der Waals surface area contributed by atoms with E-state index < -0.39 is 4.92 Å². The summed E-state index contributed by atoms with van der Waals surface area (Å²) in [4.78, 5) is 26.4. The molecule has 138 valence electrons. The molecule has 2 aromatic carbocycles. The van der Waals surface area contributed by atoms with Crippen LogP contribution in [0.5, 0.6) is 0 Å². The smallest absolute Gasteiger partial charge is 0.358 e. The van der Waals surface area contributed by atoms with Gasteiger partial charge in [-0.15, -0.1) is 0 Å². The van der Waals surface area contributed by atoms with E-state index in [0.717, 1.165) is 11.4 Å². The number of hydrogen-bond donors (Lipinski definition) is 2. The highest BCUT2D eigenvalue weighted by atomic mass is 16.6. The topological polar surface area (TPSA) is 102 Å². The van der Waals surface area contributed by atoms with E-state index in [1.54, 1.807) is 11.5 Å². The molecule has 0 aliphatic heterocycles. The van der Waals surface area contributed by atoms with E-state index in [1.807, 2.05) is 54.6 Å². The SMILES string of the molecule is Cc1nc([N+](=O)[O-])cn1CCC(=O)Nc1ccccc1Nc1ccccc1. The summed E-state index contributed by atoms with van der Waals surface area (Å²) in [5.41, 5.74) is 2.37. The average molecular weight is 365 g/mol. The summed E-state index contributed by atoms with van der Waals surface area (Å²) >= 11 is 0. The second-order valence-corrected chi connectivity index (χ2v) is 5.93. The van der Waals surface area contributed by atoms with Gasteiger partial charge in [-0.05, 0) is 34.2 Å². The van der Waals surface area contributed by atoms with E-state index in [-0.39, 0.29) is 18.1 Å². The molecule has 1 amide bonds. The molecule has 1 heterocycles. The largest absolute Gasteiger partial charge is 0.381 e. The Hall–Kier alpha value is -3.68.